The summed E-state index contributed by atoms with van der Waals surface area (Å²) >= 11 is 1.42. The molecule has 160 valence electrons. The monoisotopic (exact) mass is 421 g/mol. The van der Waals surface area contributed by atoms with Crippen LogP contribution in [0, 0.1) is 11.6 Å². The van der Waals surface area contributed by atoms with Crippen molar-refractivity contribution < 1.29 is 8.78 Å². The average molecular weight is 422 g/mol. The molecule has 2 atom stereocenters. The molecule has 2 aliphatic heterocycles. The minimum absolute atomic E-state index is 0.0747. The number of hydrogen-bond donors (Lipinski definition) is 2. The molecule has 29 heavy (non-hydrogen) atoms. The van der Waals surface area contributed by atoms with Crippen LogP contribution in [0.3, 0.4) is 0 Å². The van der Waals surface area contributed by atoms with Gasteiger partial charge in [0.2, 0.25) is 0 Å². The van der Waals surface area contributed by atoms with E-state index in [1.54, 1.807) is 0 Å². The van der Waals surface area contributed by atoms with E-state index >= 15 is 0 Å². The molecule has 0 aromatic heterocycles. The zero-order valence-corrected chi connectivity index (χ0v) is 18.4. The zero-order chi connectivity index (χ0) is 20.8. The number of hydrogen-bond acceptors (Lipinski definition) is 4. The van der Waals surface area contributed by atoms with Crippen LogP contribution in [0.4, 0.5) is 8.78 Å². The quantitative estimate of drug-likeness (QED) is 0.554. The molecule has 6 heteroatoms. The second kappa shape index (κ2) is 10.5. The Morgan fingerprint density at radius 3 is 2.72 bits per heavy atom. The largest absolute Gasteiger partial charge is 0.385 e. The van der Waals surface area contributed by atoms with Gasteiger partial charge in [-0.1, -0.05) is 43.7 Å². The molecular formula is C23H33F2N3S. The third kappa shape index (κ3) is 5.76. The lowest BCUT2D eigenvalue weighted by Gasteiger charge is -2.31. The van der Waals surface area contributed by atoms with Gasteiger partial charge in [-0.15, -0.1) is 0 Å². The summed E-state index contributed by atoms with van der Waals surface area (Å²) < 4.78 is 28.2. The molecule has 0 aliphatic carbocycles. The van der Waals surface area contributed by atoms with Gasteiger partial charge in [-0.25, -0.2) is 8.78 Å². The van der Waals surface area contributed by atoms with Gasteiger partial charge in [0.1, 0.15) is 17.0 Å². The highest BCUT2D eigenvalue weighted by molar-refractivity contribution is 8.03. The van der Waals surface area contributed by atoms with E-state index in [1.165, 1.54) is 68.6 Å². The number of halogens is 2. The van der Waals surface area contributed by atoms with Gasteiger partial charge in [0, 0.05) is 30.5 Å². The van der Waals surface area contributed by atoms with E-state index in [9.17, 15) is 8.78 Å². The Hall–Kier alpha value is -1.53. The van der Waals surface area contributed by atoms with E-state index < -0.39 is 17.0 Å². The number of likely N-dealkylation sites (tertiary alicyclic amines) is 1. The van der Waals surface area contributed by atoms with Crippen LogP contribution in [-0.2, 0) is 0 Å². The fourth-order valence-electron chi connectivity index (χ4n) is 4.13. The minimum atomic E-state index is -0.523. The minimum Gasteiger partial charge on any atom is -0.385 e. The second-order valence-electron chi connectivity index (χ2n) is 8.08. The molecule has 2 aliphatic rings. The summed E-state index contributed by atoms with van der Waals surface area (Å²) in [6.07, 6.45) is 7.71. The smallest absolute Gasteiger partial charge is 0.132 e. The highest BCUT2D eigenvalue weighted by atomic mass is 32.2. The molecule has 1 aromatic rings. The van der Waals surface area contributed by atoms with Gasteiger partial charge >= 0.3 is 0 Å². The highest BCUT2D eigenvalue weighted by Crippen LogP contribution is 2.43. The lowest BCUT2D eigenvalue weighted by Crippen LogP contribution is -2.36. The number of allylic oxidation sites excluding steroid dienone is 1. The average Bonchev–Trinajstić information content (AvgIpc) is 3.05. The molecule has 0 bridgehead atoms. The van der Waals surface area contributed by atoms with Crippen LogP contribution in [0.1, 0.15) is 63.3 Å². The van der Waals surface area contributed by atoms with Gasteiger partial charge < -0.3 is 15.5 Å². The van der Waals surface area contributed by atoms with Crippen LogP contribution in [0.25, 0.3) is 0 Å². The maximum atomic E-state index is 14.1. The highest BCUT2D eigenvalue weighted by Gasteiger charge is 2.29. The second-order valence-corrected chi connectivity index (χ2v) is 9.19. The van der Waals surface area contributed by atoms with Crippen molar-refractivity contribution in [1.82, 2.24) is 15.5 Å². The van der Waals surface area contributed by atoms with Crippen LogP contribution < -0.4 is 10.6 Å². The molecule has 0 spiro atoms. The molecule has 0 radical (unpaired) electrons. The first kappa shape index (κ1) is 22.2. The molecule has 2 unspecified atom stereocenters. The first-order valence-electron chi connectivity index (χ1n) is 10.7. The molecular weight excluding hydrogens is 388 g/mol. The maximum Gasteiger partial charge on any atom is 0.132 e. The van der Waals surface area contributed by atoms with E-state index in [0.717, 1.165) is 35.8 Å². The van der Waals surface area contributed by atoms with Gasteiger partial charge in [0.05, 0.1) is 10.5 Å². The van der Waals surface area contributed by atoms with E-state index in [2.05, 4.69) is 29.0 Å². The Bertz CT molecular complexity index is 729. The predicted octanol–water partition coefficient (Wildman–Crippen LogP) is 5.68. The van der Waals surface area contributed by atoms with Crippen molar-refractivity contribution in [3.05, 3.63) is 58.3 Å². The molecule has 1 aromatic carbocycles. The Morgan fingerprint density at radius 1 is 1.24 bits per heavy atom. The van der Waals surface area contributed by atoms with Crippen molar-refractivity contribution in [2.45, 2.75) is 63.8 Å². The summed E-state index contributed by atoms with van der Waals surface area (Å²) in [5.41, 5.74) is 1.79. The Morgan fingerprint density at radius 2 is 1.97 bits per heavy atom. The molecule has 3 nitrogen and oxygen atoms in total. The summed E-state index contributed by atoms with van der Waals surface area (Å²) in [7, 11) is 0. The third-order valence-electron chi connectivity index (χ3n) is 5.86. The SMILES string of the molecule is C=C(NCCCN1CCCCCCC1C)C1=C(C)NC(c2c(F)cccc2F)S1. The maximum absolute atomic E-state index is 14.1. The van der Waals surface area contributed by atoms with E-state index in [0.29, 0.717) is 6.04 Å². The summed E-state index contributed by atoms with van der Waals surface area (Å²) in [6, 6.07) is 4.65. The van der Waals surface area contributed by atoms with E-state index in [-0.39, 0.29) is 5.56 Å². The molecule has 1 saturated heterocycles. The predicted molar refractivity (Wildman–Crippen MR) is 118 cm³/mol. The Balaban J connectivity index is 1.47. The summed E-state index contributed by atoms with van der Waals surface area (Å²) in [4.78, 5) is 3.55. The Kier molecular flexibility index (Phi) is 8.01. The molecule has 0 saturated carbocycles. The fraction of sp³-hybridized carbons (Fsp3) is 0.565. The van der Waals surface area contributed by atoms with E-state index in [1.807, 2.05) is 6.92 Å². The zero-order valence-electron chi connectivity index (χ0n) is 17.6. The van der Waals surface area contributed by atoms with Crippen LogP contribution in [-0.4, -0.2) is 30.6 Å². The third-order valence-corrected chi connectivity index (χ3v) is 7.24. The van der Waals surface area contributed by atoms with Crippen LogP contribution in [0.5, 0.6) is 0 Å². The van der Waals surface area contributed by atoms with Gasteiger partial charge in [-0.05, 0) is 51.8 Å². The Labute approximate surface area is 178 Å². The van der Waals surface area contributed by atoms with Crippen LogP contribution >= 0.6 is 11.8 Å². The molecule has 1 fully saturated rings. The lowest BCUT2D eigenvalue weighted by atomic mass is 10.0. The van der Waals surface area contributed by atoms with Crippen molar-refractivity contribution in [3.63, 3.8) is 0 Å². The molecule has 2 heterocycles. The number of nitrogens with zero attached hydrogens (tertiary/aromatic N) is 1. The fourth-order valence-corrected chi connectivity index (χ4v) is 5.40. The summed E-state index contributed by atoms with van der Waals surface area (Å²) in [6.45, 7) is 11.6. The number of thioether (sulfide) groups is 1. The topological polar surface area (TPSA) is 27.3 Å². The summed E-state index contributed by atoms with van der Waals surface area (Å²) in [5.74, 6) is -1.05. The van der Waals surface area contributed by atoms with E-state index in [4.69, 9.17) is 0 Å². The summed E-state index contributed by atoms with van der Waals surface area (Å²) in [5, 5.41) is 6.14. The van der Waals surface area contributed by atoms with Crippen LogP contribution in [0.15, 0.2) is 41.1 Å². The normalized spacial score (nSPS) is 23.4. The lowest BCUT2D eigenvalue weighted by molar-refractivity contribution is 0.179. The van der Waals surface area contributed by atoms with Crippen molar-refractivity contribution in [1.29, 1.82) is 0 Å². The standard InChI is InChI=1S/C23H33F2N3S/c1-16-10-6-4-5-7-14-28(16)15-9-13-26-17(2)22-18(3)27-23(29-22)21-19(24)11-8-12-20(21)25/h8,11-12,16,23,26-27H,2,4-7,9-10,13-15H2,1,3H3. The molecule has 0 amide bonds. The van der Waals surface area contributed by atoms with Crippen molar-refractivity contribution >= 4 is 11.8 Å². The first-order chi connectivity index (χ1) is 14.0. The number of benzene rings is 1. The van der Waals surface area contributed by atoms with Gasteiger partial charge in [-0.2, -0.15) is 0 Å². The number of rotatable bonds is 7. The molecule has 3 rings (SSSR count). The number of nitrogens with one attached hydrogen (secondary N) is 2. The first-order valence-corrected chi connectivity index (χ1v) is 11.6. The van der Waals surface area contributed by atoms with Gasteiger partial charge in [0.25, 0.3) is 0 Å². The van der Waals surface area contributed by atoms with Gasteiger partial charge in [0.15, 0.2) is 0 Å². The van der Waals surface area contributed by atoms with Crippen molar-refractivity contribution in [2.75, 3.05) is 19.6 Å². The van der Waals surface area contributed by atoms with Crippen molar-refractivity contribution in [3.8, 4) is 0 Å². The van der Waals surface area contributed by atoms with Crippen LogP contribution in [0.2, 0.25) is 0 Å². The van der Waals surface area contributed by atoms with Crippen molar-refractivity contribution in [2.24, 2.45) is 0 Å². The molecule has 2 N–H and O–H groups in total. The van der Waals surface area contributed by atoms with Gasteiger partial charge in [-0.3, -0.25) is 0 Å².